The molecule has 0 aliphatic carbocycles. The maximum atomic E-state index is 5.54. The summed E-state index contributed by atoms with van der Waals surface area (Å²) in [5.41, 5.74) is 9.68. The first-order valence-corrected chi connectivity index (χ1v) is 5.76. The summed E-state index contributed by atoms with van der Waals surface area (Å²) in [5.74, 6) is 0. The normalized spacial score (nSPS) is 12.4. The summed E-state index contributed by atoms with van der Waals surface area (Å²) < 4.78 is 0. The predicted octanol–water partition coefficient (Wildman–Crippen LogP) is 0.458. The number of nitrogens with zero attached hydrogens (tertiary/aromatic N) is 1. The number of nitrogens with two attached hydrogens (primary N) is 1. The second-order valence-electron chi connectivity index (χ2n) is 4.86. The molecule has 0 heterocycles. The van der Waals surface area contributed by atoms with Gasteiger partial charge in [0.25, 0.3) is 0 Å². The Morgan fingerprint density at radius 3 is 2.07 bits per heavy atom. The first kappa shape index (κ1) is 13.9. The number of hydrogen-bond donors (Lipinski definition) is 2. The van der Waals surface area contributed by atoms with Crippen LogP contribution in [0.4, 0.5) is 0 Å². The van der Waals surface area contributed by atoms with Crippen LogP contribution in [0.1, 0.15) is 40.0 Å². The molecule has 0 amide bonds. The molecule has 0 aliphatic rings. The molecule has 0 aromatic rings. The number of hydrogen-bond acceptors (Lipinski definition) is 2. The van der Waals surface area contributed by atoms with E-state index in [1.165, 1.54) is 19.4 Å². The van der Waals surface area contributed by atoms with E-state index in [9.17, 15) is 0 Å². The number of unbranched alkanes of at least 4 members (excludes halogenated alkanes) is 1. The third-order valence-corrected chi connectivity index (χ3v) is 2.51. The van der Waals surface area contributed by atoms with Gasteiger partial charge in [-0.3, -0.25) is 4.90 Å². The smallest absolute Gasteiger partial charge is 0.0740 e. The summed E-state index contributed by atoms with van der Waals surface area (Å²) in [6.07, 6.45) is 3.59. The highest BCUT2D eigenvalue weighted by molar-refractivity contribution is 4.76. The molecule has 0 saturated heterocycles. The lowest BCUT2D eigenvalue weighted by atomic mass is 10.0. The van der Waals surface area contributed by atoms with Gasteiger partial charge in [0.05, 0.1) is 6.54 Å². The fourth-order valence-electron chi connectivity index (χ4n) is 1.54. The Balaban J connectivity index is 3.85. The van der Waals surface area contributed by atoms with E-state index in [-0.39, 0.29) is 5.54 Å². The van der Waals surface area contributed by atoms with Gasteiger partial charge in [0.2, 0.25) is 0 Å². The summed E-state index contributed by atoms with van der Waals surface area (Å²) in [6.45, 7) is 11.0. The van der Waals surface area contributed by atoms with E-state index in [1.807, 2.05) is 0 Å². The van der Waals surface area contributed by atoms with E-state index in [1.54, 1.807) is 0 Å². The molecule has 14 heavy (non-hydrogen) atoms. The topological polar surface area (TPSA) is 56.9 Å². The third kappa shape index (κ3) is 6.35. The first-order chi connectivity index (χ1) is 6.52. The molecule has 0 saturated carbocycles. The molecule has 0 spiro atoms. The van der Waals surface area contributed by atoms with Crippen LogP contribution in [0.2, 0.25) is 0 Å². The van der Waals surface area contributed by atoms with Crippen molar-refractivity contribution >= 4 is 0 Å². The van der Waals surface area contributed by atoms with Crippen LogP contribution in [0.15, 0.2) is 0 Å². The zero-order valence-corrected chi connectivity index (χ0v) is 10.2. The van der Waals surface area contributed by atoms with Crippen LogP contribution >= 0.6 is 0 Å². The first-order valence-electron chi connectivity index (χ1n) is 5.76. The minimum atomic E-state index is 0.274. The van der Waals surface area contributed by atoms with Gasteiger partial charge in [-0.2, -0.15) is 0 Å². The highest BCUT2D eigenvalue weighted by Gasteiger charge is 2.19. The second-order valence-corrected chi connectivity index (χ2v) is 4.86. The van der Waals surface area contributed by atoms with Crippen molar-refractivity contribution in [2.75, 3.05) is 26.2 Å². The number of rotatable bonds is 7. The van der Waals surface area contributed by atoms with Crippen LogP contribution in [0, 0.1) is 0 Å². The van der Waals surface area contributed by atoms with Crippen molar-refractivity contribution in [3.8, 4) is 0 Å². The Bertz CT molecular complexity index is 129. The van der Waals surface area contributed by atoms with Crippen LogP contribution in [0.3, 0.4) is 0 Å². The molecule has 0 aliphatic heterocycles. The van der Waals surface area contributed by atoms with E-state index in [4.69, 9.17) is 5.73 Å². The lowest BCUT2D eigenvalue weighted by Crippen LogP contribution is -2.50. The predicted molar refractivity (Wildman–Crippen MR) is 62.0 cm³/mol. The van der Waals surface area contributed by atoms with Gasteiger partial charge in [-0.1, -0.05) is 0 Å². The van der Waals surface area contributed by atoms with E-state index in [2.05, 4.69) is 31.4 Å². The lowest BCUT2D eigenvalue weighted by molar-refractivity contribution is -0.368. The van der Waals surface area contributed by atoms with Crippen LogP contribution in [0.25, 0.3) is 0 Å². The Hall–Kier alpha value is -0.120. The van der Waals surface area contributed by atoms with Crippen LogP contribution in [-0.4, -0.2) is 36.6 Å². The van der Waals surface area contributed by atoms with Crippen LogP contribution in [0.5, 0.6) is 0 Å². The molecule has 0 aromatic heterocycles. The Labute approximate surface area is 88.8 Å². The van der Waals surface area contributed by atoms with Gasteiger partial charge in [-0.25, -0.2) is 0 Å². The molecule has 3 nitrogen and oxygen atoms in total. The SMILES string of the molecule is CC(C)(C)N(CCCN)CCCC[NH3+]. The average molecular weight is 202 g/mol. The summed E-state index contributed by atoms with van der Waals surface area (Å²) in [7, 11) is 0. The molecular formula is C11H28N3+. The summed E-state index contributed by atoms with van der Waals surface area (Å²) in [4.78, 5) is 2.52. The molecular weight excluding hydrogens is 174 g/mol. The van der Waals surface area contributed by atoms with Gasteiger partial charge in [-0.15, -0.1) is 0 Å². The number of quaternary nitrogens is 1. The standard InChI is InChI=1S/C11H27N3/c1-11(2,3)14(10-6-8-13)9-5-4-7-12/h4-10,12-13H2,1-3H3/p+1. The molecule has 86 valence electrons. The van der Waals surface area contributed by atoms with E-state index >= 15 is 0 Å². The lowest BCUT2D eigenvalue weighted by Gasteiger charge is -2.35. The van der Waals surface area contributed by atoms with E-state index < -0.39 is 0 Å². The molecule has 0 fully saturated rings. The molecule has 0 atom stereocenters. The fourth-order valence-corrected chi connectivity index (χ4v) is 1.54. The monoisotopic (exact) mass is 202 g/mol. The van der Waals surface area contributed by atoms with Crippen molar-refractivity contribution in [3.05, 3.63) is 0 Å². The summed E-state index contributed by atoms with van der Waals surface area (Å²) >= 11 is 0. The van der Waals surface area contributed by atoms with E-state index in [0.29, 0.717) is 0 Å². The molecule has 3 heteroatoms. The van der Waals surface area contributed by atoms with Crippen molar-refractivity contribution in [1.82, 2.24) is 4.90 Å². The van der Waals surface area contributed by atoms with Crippen molar-refractivity contribution in [2.24, 2.45) is 5.73 Å². The Morgan fingerprint density at radius 1 is 1.07 bits per heavy atom. The van der Waals surface area contributed by atoms with Gasteiger partial charge >= 0.3 is 0 Å². The van der Waals surface area contributed by atoms with Crippen molar-refractivity contribution < 1.29 is 5.73 Å². The maximum Gasteiger partial charge on any atom is 0.0740 e. The van der Waals surface area contributed by atoms with E-state index in [0.717, 1.165) is 26.1 Å². The van der Waals surface area contributed by atoms with Gasteiger partial charge < -0.3 is 11.5 Å². The minimum absolute atomic E-state index is 0.274. The second kappa shape index (κ2) is 7.21. The fraction of sp³-hybridized carbons (Fsp3) is 1.00. The molecule has 0 radical (unpaired) electrons. The molecule has 5 N–H and O–H groups in total. The Kier molecular flexibility index (Phi) is 7.15. The summed E-state index contributed by atoms with van der Waals surface area (Å²) in [6, 6.07) is 0. The van der Waals surface area contributed by atoms with Gasteiger partial charge in [-0.05, 0) is 59.7 Å². The van der Waals surface area contributed by atoms with Crippen molar-refractivity contribution in [1.29, 1.82) is 0 Å². The minimum Gasteiger partial charge on any atom is -0.358 e. The highest BCUT2D eigenvalue weighted by atomic mass is 15.2. The molecule has 0 aromatic carbocycles. The van der Waals surface area contributed by atoms with Crippen molar-refractivity contribution in [3.63, 3.8) is 0 Å². The van der Waals surface area contributed by atoms with Gasteiger partial charge in [0.15, 0.2) is 0 Å². The zero-order valence-electron chi connectivity index (χ0n) is 10.2. The Morgan fingerprint density at radius 2 is 1.64 bits per heavy atom. The summed E-state index contributed by atoms with van der Waals surface area (Å²) in [5, 5.41) is 0. The third-order valence-electron chi connectivity index (χ3n) is 2.51. The zero-order chi connectivity index (χ0) is 11.0. The average Bonchev–Trinajstić information content (AvgIpc) is 2.09. The van der Waals surface area contributed by atoms with Crippen LogP contribution in [-0.2, 0) is 0 Å². The largest absolute Gasteiger partial charge is 0.358 e. The quantitative estimate of drug-likeness (QED) is 0.589. The van der Waals surface area contributed by atoms with Gasteiger partial charge in [0, 0.05) is 5.54 Å². The maximum absolute atomic E-state index is 5.54. The van der Waals surface area contributed by atoms with Crippen LogP contribution < -0.4 is 11.5 Å². The van der Waals surface area contributed by atoms with Crippen molar-refractivity contribution in [2.45, 2.75) is 45.6 Å². The highest BCUT2D eigenvalue weighted by Crippen LogP contribution is 2.14. The molecule has 0 rings (SSSR count). The van der Waals surface area contributed by atoms with Gasteiger partial charge in [0.1, 0.15) is 0 Å². The molecule has 0 unspecified atom stereocenters. The molecule has 0 bridgehead atoms.